The van der Waals surface area contributed by atoms with Crippen LogP contribution in [0.1, 0.15) is 48.2 Å². The second kappa shape index (κ2) is 6.95. The van der Waals surface area contributed by atoms with Gasteiger partial charge in [-0.2, -0.15) is 0 Å². The van der Waals surface area contributed by atoms with Gasteiger partial charge in [-0.25, -0.2) is 0 Å². The van der Waals surface area contributed by atoms with Crippen LogP contribution in [0.15, 0.2) is 10.5 Å². The van der Waals surface area contributed by atoms with Crippen LogP contribution in [0.5, 0.6) is 5.75 Å². The lowest BCUT2D eigenvalue weighted by Crippen LogP contribution is -2.08. The first kappa shape index (κ1) is 16.0. The zero-order valence-corrected chi connectivity index (χ0v) is 15.0. The lowest BCUT2D eigenvalue weighted by molar-refractivity contribution is 0.399. The van der Waals surface area contributed by atoms with Gasteiger partial charge in [0, 0.05) is 14.9 Å². The topological polar surface area (TPSA) is 9.23 Å². The molecule has 1 aromatic rings. The molecule has 18 heavy (non-hydrogen) atoms. The molecular weight excluding hydrogens is 356 g/mol. The number of hydrogen-bond acceptors (Lipinski definition) is 1. The van der Waals surface area contributed by atoms with Gasteiger partial charge in [0.1, 0.15) is 5.75 Å². The van der Waals surface area contributed by atoms with E-state index in [2.05, 4.69) is 65.6 Å². The van der Waals surface area contributed by atoms with Crippen LogP contribution < -0.4 is 4.74 Å². The minimum absolute atomic E-state index is 0.337. The number of methoxy groups -OCH3 is 1. The molecule has 2 atom stereocenters. The van der Waals surface area contributed by atoms with Crippen LogP contribution >= 0.6 is 31.9 Å². The Morgan fingerprint density at radius 3 is 2.44 bits per heavy atom. The van der Waals surface area contributed by atoms with E-state index in [1.54, 1.807) is 7.11 Å². The van der Waals surface area contributed by atoms with Crippen LogP contribution in [0.25, 0.3) is 0 Å². The highest BCUT2D eigenvalue weighted by Gasteiger charge is 2.23. The summed E-state index contributed by atoms with van der Waals surface area (Å²) >= 11 is 7.50. The maximum atomic E-state index is 5.61. The Kier molecular flexibility index (Phi) is 6.19. The lowest BCUT2D eigenvalue weighted by atomic mass is 9.92. The second-order valence-corrected chi connectivity index (χ2v) is 6.76. The van der Waals surface area contributed by atoms with Crippen molar-refractivity contribution in [3.8, 4) is 5.75 Å². The summed E-state index contributed by atoms with van der Waals surface area (Å²) in [4.78, 5) is 0.337. The van der Waals surface area contributed by atoms with Gasteiger partial charge in [-0.15, -0.1) is 0 Å². The molecule has 1 nitrogen and oxygen atoms in total. The summed E-state index contributed by atoms with van der Waals surface area (Å²) < 4.78 is 6.77. The van der Waals surface area contributed by atoms with Gasteiger partial charge in [0.15, 0.2) is 0 Å². The molecule has 0 heterocycles. The predicted octanol–water partition coefficient (Wildman–Crippen LogP) is 5.95. The van der Waals surface area contributed by atoms with Crippen molar-refractivity contribution in [2.24, 2.45) is 5.92 Å². The zero-order chi connectivity index (χ0) is 13.9. The van der Waals surface area contributed by atoms with Gasteiger partial charge in [0.25, 0.3) is 0 Å². The largest absolute Gasteiger partial charge is 0.496 e. The van der Waals surface area contributed by atoms with Crippen LogP contribution in [0.4, 0.5) is 0 Å². The lowest BCUT2D eigenvalue weighted by Gasteiger charge is -2.24. The molecule has 2 unspecified atom stereocenters. The maximum absolute atomic E-state index is 5.61. The SMILES string of the molecule is CCCC(C)C(Br)c1c(C)c(Br)cc(C)c1OC. The Balaban J connectivity index is 3.28. The van der Waals surface area contributed by atoms with Gasteiger partial charge >= 0.3 is 0 Å². The minimum atomic E-state index is 0.337. The summed E-state index contributed by atoms with van der Waals surface area (Å²) in [5, 5.41) is 0. The third-order valence-corrected chi connectivity index (χ3v) is 5.62. The van der Waals surface area contributed by atoms with Crippen molar-refractivity contribution < 1.29 is 4.74 Å². The van der Waals surface area contributed by atoms with Crippen molar-refractivity contribution in [1.29, 1.82) is 0 Å². The minimum Gasteiger partial charge on any atom is -0.496 e. The van der Waals surface area contributed by atoms with Gasteiger partial charge in [0.05, 0.1) is 7.11 Å². The van der Waals surface area contributed by atoms with E-state index >= 15 is 0 Å². The van der Waals surface area contributed by atoms with Crippen LogP contribution in [0.2, 0.25) is 0 Å². The second-order valence-electron chi connectivity index (χ2n) is 4.91. The van der Waals surface area contributed by atoms with Crippen molar-refractivity contribution in [2.45, 2.75) is 45.4 Å². The van der Waals surface area contributed by atoms with E-state index in [0.717, 1.165) is 10.2 Å². The van der Waals surface area contributed by atoms with Gasteiger partial charge in [-0.05, 0) is 43.4 Å². The normalized spacial score (nSPS) is 14.4. The van der Waals surface area contributed by atoms with Crippen LogP contribution in [-0.2, 0) is 0 Å². The molecule has 1 rings (SSSR count). The highest BCUT2D eigenvalue weighted by atomic mass is 79.9. The Hall–Kier alpha value is -0.0200. The van der Waals surface area contributed by atoms with E-state index in [-0.39, 0.29) is 0 Å². The summed E-state index contributed by atoms with van der Waals surface area (Å²) in [6.07, 6.45) is 2.42. The molecule has 0 N–H and O–H groups in total. The highest BCUT2D eigenvalue weighted by molar-refractivity contribution is 9.10. The molecule has 0 aliphatic carbocycles. The molecule has 3 heteroatoms. The molecule has 0 bridgehead atoms. The number of rotatable bonds is 5. The standard InChI is InChI=1S/C15H22Br2O/c1-6-7-9(2)14(17)13-11(4)12(16)8-10(3)15(13)18-5/h8-9,14H,6-7H2,1-5H3. The molecule has 0 aromatic heterocycles. The van der Waals surface area contributed by atoms with E-state index < -0.39 is 0 Å². The van der Waals surface area contributed by atoms with Crippen molar-refractivity contribution >= 4 is 31.9 Å². The average molecular weight is 378 g/mol. The summed E-state index contributed by atoms with van der Waals surface area (Å²) in [5.41, 5.74) is 3.73. The van der Waals surface area contributed by atoms with E-state index in [1.807, 2.05) is 0 Å². The van der Waals surface area contributed by atoms with Crippen molar-refractivity contribution in [1.82, 2.24) is 0 Å². The molecule has 0 amide bonds. The molecule has 0 aliphatic heterocycles. The average Bonchev–Trinajstić information content (AvgIpc) is 2.32. The van der Waals surface area contributed by atoms with E-state index in [4.69, 9.17) is 4.74 Å². The molecule has 0 saturated carbocycles. The first-order chi connectivity index (χ1) is 8.43. The van der Waals surface area contributed by atoms with Crippen molar-refractivity contribution in [3.63, 3.8) is 0 Å². The fourth-order valence-electron chi connectivity index (χ4n) is 2.36. The molecule has 0 radical (unpaired) electrons. The van der Waals surface area contributed by atoms with E-state index in [1.165, 1.54) is 29.5 Å². The Morgan fingerprint density at radius 2 is 1.94 bits per heavy atom. The summed E-state index contributed by atoms with van der Waals surface area (Å²) in [7, 11) is 1.75. The smallest absolute Gasteiger partial charge is 0.126 e. The number of aryl methyl sites for hydroxylation is 1. The molecule has 0 saturated heterocycles. The third-order valence-electron chi connectivity index (χ3n) is 3.43. The number of ether oxygens (including phenoxy) is 1. The Morgan fingerprint density at radius 1 is 1.33 bits per heavy atom. The monoisotopic (exact) mass is 376 g/mol. The van der Waals surface area contributed by atoms with Crippen LogP contribution in [0, 0.1) is 19.8 Å². The number of alkyl halides is 1. The number of hydrogen-bond donors (Lipinski definition) is 0. The van der Waals surface area contributed by atoms with Gasteiger partial charge in [-0.1, -0.05) is 52.1 Å². The molecule has 0 aliphatic rings. The third kappa shape index (κ3) is 3.30. The Labute approximate surface area is 128 Å². The van der Waals surface area contributed by atoms with Gasteiger partial charge in [-0.3, -0.25) is 0 Å². The predicted molar refractivity (Wildman–Crippen MR) is 85.9 cm³/mol. The highest BCUT2D eigenvalue weighted by Crippen LogP contribution is 2.44. The van der Waals surface area contributed by atoms with E-state index in [9.17, 15) is 0 Å². The number of halogens is 2. The molecular formula is C15H22Br2O. The van der Waals surface area contributed by atoms with Gasteiger partial charge < -0.3 is 4.74 Å². The summed E-state index contributed by atoms with van der Waals surface area (Å²) in [6.45, 7) is 8.76. The zero-order valence-electron chi connectivity index (χ0n) is 11.8. The summed E-state index contributed by atoms with van der Waals surface area (Å²) in [5.74, 6) is 1.61. The fourth-order valence-corrected chi connectivity index (χ4v) is 3.74. The summed E-state index contributed by atoms with van der Waals surface area (Å²) in [6, 6.07) is 2.13. The van der Waals surface area contributed by atoms with E-state index in [0.29, 0.717) is 10.7 Å². The van der Waals surface area contributed by atoms with Crippen LogP contribution in [0.3, 0.4) is 0 Å². The molecule has 102 valence electrons. The molecule has 0 fully saturated rings. The number of benzene rings is 1. The first-order valence-electron chi connectivity index (χ1n) is 6.41. The molecule has 0 spiro atoms. The fraction of sp³-hybridized carbons (Fsp3) is 0.600. The quantitative estimate of drug-likeness (QED) is 0.576. The first-order valence-corrected chi connectivity index (χ1v) is 8.12. The molecule has 1 aromatic carbocycles. The maximum Gasteiger partial charge on any atom is 0.126 e. The van der Waals surface area contributed by atoms with Crippen molar-refractivity contribution in [2.75, 3.05) is 7.11 Å². The van der Waals surface area contributed by atoms with Crippen LogP contribution in [-0.4, -0.2) is 7.11 Å². The van der Waals surface area contributed by atoms with Gasteiger partial charge in [0.2, 0.25) is 0 Å². The van der Waals surface area contributed by atoms with Crippen molar-refractivity contribution in [3.05, 3.63) is 27.2 Å². The Bertz CT molecular complexity index is 415.